The normalized spacial score (nSPS) is 8.80. The van der Waals surface area contributed by atoms with Gasteiger partial charge in [0.1, 0.15) is 11.8 Å². The topological polar surface area (TPSA) is 45.8 Å². The Hall–Kier alpha value is -1.56. The predicted octanol–water partition coefficient (Wildman–Crippen LogP) is 0.257. The lowest BCUT2D eigenvalue weighted by Gasteiger charge is -1.95. The van der Waals surface area contributed by atoms with E-state index in [1.54, 1.807) is 19.2 Å². The van der Waals surface area contributed by atoms with Crippen molar-refractivity contribution in [3.63, 3.8) is 0 Å². The number of hydrogen-bond acceptors (Lipinski definition) is 2. The van der Waals surface area contributed by atoms with E-state index in [2.05, 4.69) is 0 Å². The van der Waals surface area contributed by atoms with Gasteiger partial charge in [0.25, 0.3) is 5.56 Å². The van der Waals surface area contributed by atoms with E-state index in [0.29, 0.717) is 5.69 Å². The molecule has 0 unspecified atom stereocenters. The zero-order valence-electron chi connectivity index (χ0n) is 5.53. The van der Waals surface area contributed by atoms with Crippen molar-refractivity contribution in [3.8, 4) is 6.07 Å². The van der Waals surface area contributed by atoms with Crippen molar-refractivity contribution >= 4 is 0 Å². The Labute approximate surface area is 58.1 Å². The van der Waals surface area contributed by atoms with Crippen LogP contribution in [0.3, 0.4) is 0 Å². The van der Waals surface area contributed by atoms with Crippen LogP contribution in [0.25, 0.3) is 0 Å². The average Bonchev–Trinajstić information content (AvgIpc) is 1.95. The fourth-order valence-electron chi connectivity index (χ4n) is 0.676. The van der Waals surface area contributed by atoms with E-state index in [0.717, 1.165) is 0 Å². The third kappa shape index (κ3) is 0.914. The van der Waals surface area contributed by atoms with Gasteiger partial charge in [-0.05, 0) is 6.07 Å². The molecule has 0 atom stereocenters. The summed E-state index contributed by atoms with van der Waals surface area (Å²) in [5, 5.41) is 8.43. The highest BCUT2D eigenvalue weighted by molar-refractivity contribution is 5.20. The summed E-state index contributed by atoms with van der Waals surface area (Å²) >= 11 is 0. The molecule has 10 heavy (non-hydrogen) atoms. The minimum atomic E-state index is -0.154. The van der Waals surface area contributed by atoms with Crippen molar-refractivity contribution in [3.05, 3.63) is 34.2 Å². The molecule has 0 aliphatic rings. The molecule has 0 fully saturated rings. The van der Waals surface area contributed by atoms with E-state index >= 15 is 0 Å². The first kappa shape index (κ1) is 6.56. The first-order chi connectivity index (χ1) is 4.75. The van der Waals surface area contributed by atoms with E-state index in [1.807, 2.05) is 6.07 Å². The van der Waals surface area contributed by atoms with Crippen LogP contribution in [0.1, 0.15) is 5.69 Å². The second kappa shape index (κ2) is 2.36. The Morgan fingerprint density at radius 2 is 2.30 bits per heavy atom. The summed E-state index contributed by atoms with van der Waals surface area (Å²) in [5.41, 5.74) is 0.228. The number of rotatable bonds is 0. The Kier molecular flexibility index (Phi) is 1.55. The number of hydrogen-bond donors (Lipinski definition) is 0. The maximum Gasteiger partial charge on any atom is 0.251 e. The van der Waals surface area contributed by atoms with Crippen molar-refractivity contribution in [2.24, 2.45) is 7.05 Å². The van der Waals surface area contributed by atoms with Gasteiger partial charge >= 0.3 is 0 Å². The molecule has 0 aliphatic carbocycles. The summed E-state index contributed by atoms with van der Waals surface area (Å²) in [6.07, 6.45) is 0. The van der Waals surface area contributed by atoms with E-state index in [9.17, 15) is 4.79 Å². The second-order valence-corrected chi connectivity index (χ2v) is 1.92. The third-order valence-electron chi connectivity index (χ3n) is 1.30. The SMILES string of the molecule is Cn1c(C#N)cccc1=O. The summed E-state index contributed by atoms with van der Waals surface area (Å²) in [4.78, 5) is 10.8. The molecule has 0 amide bonds. The molecule has 0 spiro atoms. The van der Waals surface area contributed by atoms with Crippen molar-refractivity contribution in [2.75, 3.05) is 0 Å². The molecule has 3 heteroatoms. The summed E-state index contributed by atoms with van der Waals surface area (Å²) < 4.78 is 1.31. The zero-order valence-corrected chi connectivity index (χ0v) is 5.53. The molecule has 0 bridgehead atoms. The third-order valence-corrected chi connectivity index (χ3v) is 1.30. The number of nitrogens with zero attached hydrogens (tertiary/aromatic N) is 2. The largest absolute Gasteiger partial charge is 0.303 e. The molecule has 1 heterocycles. The number of nitriles is 1. The second-order valence-electron chi connectivity index (χ2n) is 1.92. The van der Waals surface area contributed by atoms with Gasteiger partial charge in [-0.15, -0.1) is 0 Å². The molecular formula is C7H6N2O. The molecule has 0 saturated heterocycles. The molecule has 1 rings (SSSR count). The smallest absolute Gasteiger partial charge is 0.251 e. The van der Waals surface area contributed by atoms with Crippen molar-refractivity contribution in [1.82, 2.24) is 4.57 Å². The lowest BCUT2D eigenvalue weighted by Crippen LogP contribution is -2.16. The lowest BCUT2D eigenvalue weighted by atomic mass is 10.4. The van der Waals surface area contributed by atoms with Gasteiger partial charge in [0.05, 0.1) is 0 Å². The van der Waals surface area contributed by atoms with E-state index in [1.165, 1.54) is 10.6 Å². The lowest BCUT2D eigenvalue weighted by molar-refractivity contribution is 0.842. The predicted molar refractivity (Wildman–Crippen MR) is 36.4 cm³/mol. The summed E-state index contributed by atoms with van der Waals surface area (Å²) in [5.74, 6) is 0. The van der Waals surface area contributed by atoms with Crippen LogP contribution < -0.4 is 5.56 Å². The van der Waals surface area contributed by atoms with Gasteiger partial charge in [-0.3, -0.25) is 4.79 Å². The summed E-state index contributed by atoms with van der Waals surface area (Å²) in [7, 11) is 1.57. The van der Waals surface area contributed by atoms with Gasteiger partial charge in [0, 0.05) is 13.1 Å². The molecule has 0 radical (unpaired) electrons. The van der Waals surface area contributed by atoms with Gasteiger partial charge in [-0.1, -0.05) is 6.07 Å². The minimum Gasteiger partial charge on any atom is -0.303 e. The quantitative estimate of drug-likeness (QED) is 0.510. The molecule has 0 saturated carbocycles. The first-order valence-corrected chi connectivity index (χ1v) is 2.82. The number of pyridine rings is 1. The standard InChI is InChI=1S/C7H6N2O/c1-9-6(5-8)3-2-4-7(9)10/h2-4H,1H3. The highest BCUT2D eigenvalue weighted by atomic mass is 16.1. The van der Waals surface area contributed by atoms with E-state index < -0.39 is 0 Å². The Bertz CT molecular complexity index is 332. The maximum absolute atomic E-state index is 10.8. The Morgan fingerprint density at radius 1 is 1.60 bits per heavy atom. The minimum absolute atomic E-state index is 0.154. The number of aromatic nitrogens is 1. The zero-order chi connectivity index (χ0) is 7.56. The van der Waals surface area contributed by atoms with Crippen LogP contribution in [0.4, 0.5) is 0 Å². The van der Waals surface area contributed by atoms with Gasteiger partial charge in [-0.2, -0.15) is 5.26 Å². The van der Waals surface area contributed by atoms with Crippen LogP contribution in [-0.4, -0.2) is 4.57 Å². The van der Waals surface area contributed by atoms with Crippen LogP contribution >= 0.6 is 0 Å². The van der Waals surface area contributed by atoms with E-state index in [-0.39, 0.29) is 5.56 Å². The van der Waals surface area contributed by atoms with Crippen molar-refractivity contribution < 1.29 is 0 Å². The van der Waals surface area contributed by atoms with Crippen molar-refractivity contribution in [2.45, 2.75) is 0 Å². The molecule has 0 aliphatic heterocycles. The van der Waals surface area contributed by atoms with Gasteiger partial charge < -0.3 is 4.57 Å². The Morgan fingerprint density at radius 3 is 2.80 bits per heavy atom. The molecule has 0 aromatic carbocycles. The molecule has 1 aromatic heterocycles. The summed E-state index contributed by atoms with van der Waals surface area (Å²) in [6.45, 7) is 0. The maximum atomic E-state index is 10.8. The average molecular weight is 134 g/mol. The van der Waals surface area contributed by atoms with Crippen LogP contribution in [0.2, 0.25) is 0 Å². The van der Waals surface area contributed by atoms with Gasteiger partial charge in [0.2, 0.25) is 0 Å². The Balaban J connectivity index is 3.46. The molecular weight excluding hydrogens is 128 g/mol. The molecule has 0 N–H and O–H groups in total. The van der Waals surface area contributed by atoms with Gasteiger partial charge in [-0.25, -0.2) is 0 Å². The molecule has 1 aromatic rings. The van der Waals surface area contributed by atoms with Gasteiger partial charge in [0.15, 0.2) is 0 Å². The van der Waals surface area contributed by atoms with E-state index in [4.69, 9.17) is 5.26 Å². The van der Waals surface area contributed by atoms with Crippen molar-refractivity contribution in [1.29, 1.82) is 5.26 Å². The summed E-state index contributed by atoms with van der Waals surface area (Å²) in [6, 6.07) is 6.49. The van der Waals surface area contributed by atoms with Crippen LogP contribution in [-0.2, 0) is 7.05 Å². The van der Waals surface area contributed by atoms with Crippen LogP contribution in [0, 0.1) is 11.3 Å². The highest BCUT2D eigenvalue weighted by Crippen LogP contribution is 1.88. The molecule has 50 valence electrons. The molecule has 3 nitrogen and oxygen atoms in total. The first-order valence-electron chi connectivity index (χ1n) is 2.82. The fourth-order valence-corrected chi connectivity index (χ4v) is 0.676. The van der Waals surface area contributed by atoms with Crippen LogP contribution in [0.5, 0.6) is 0 Å². The van der Waals surface area contributed by atoms with Crippen LogP contribution in [0.15, 0.2) is 23.0 Å². The highest BCUT2D eigenvalue weighted by Gasteiger charge is 1.93. The fraction of sp³-hybridized carbons (Fsp3) is 0.143. The monoisotopic (exact) mass is 134 g/mol.